The van der Waals surface area contributed by atoms with E-state index in [1.54, 1.807) is 24.3 Å². The van der Waals surface area contributed by atoms with E-state index < -0.39 is 5.97 Å². The highest BCUT2D eigenvalue weighted by Crippen LogP contribution is 2.03. The molecular weight excluding hydrogens is 300 g/mol. The van der Waals surface area contributed by atoms with Crippen molar-refractivity contribution in [1.82, 2.24) is 10.6 Å². The zero-order valence-corrected chi connectivity index (χ0v) is 12.6. The van der Waals surface area contributed by atoms with Crippen molar-refractivity contribution in [3.05, 3.63) is 35.4 Å². The summed E-state index contributed by atoms with van der Waals surface area (Å²) < 4.78 is 0. The maximum Gasteiger partial charge on any atom is 0.305 e. The Morgan fingerprint density at radius 1 is 1.00 bits per heavy atom. The van der Waals surface area contributed by atoms with E-state index in [4.69, 9.17) is 16.2 Å². The average molecular weight is 320 g/mol. The summed E-state index contributed by atoms with van der Waals surface area (Å²) in [6.07, 6.45) is 0.554. The SMILES string of the molecule is N=C(N)c1ccc(C(=O)NCCCC(=O)NCCC(=O)O)cc1. The molecule has 0 fully saturated rings. The zero-order valence-electron chi connectivity index (χ0n) is 12.6. The van der Waals surface area contributed by atoms with Gasteiger partial charge in [0, 0.05) is 30.6 Å². The molecule has 0 aliphatic heterocycles. The lowest BCUT2D eigenvalue weighted by Gasteiger charge is -2.06. The van der Waals surface area contributed by atoms with E-state index in [9.17, 15) is 14.4 Å². The number of nitrogens with two attached hydrogens (primary N) is 1. The molecule has 0 spiro atoms. The minimum atomic E-state index is -0.964. The van der Waals surface area contributed by atoms with Crippen LogP contribution in [0.2, 0.25) is 0 Å². The number of carbonyl (C=O) groups excluding carboxylic acids is 2. The number of amidine groups is 1. The number of hydrogen-bond acceptors (Lipinski definition) is 4. The number of aliphatic carboxylic acids is 1. The second kappa shape index (κ2) is 9.19. The van der Waals surface area contributed by atoms with E-state index in [0.717, 1.165) is 0 Å². The highest BCUT2D eigenvalue weighted by molar-refractivity contribution is 5.98. The first kappa shape index (κ1) is 18.1. The number of hydrogen-bond donors (Lipinski definition) is 5. The van der Waals surface area contributed by atoms with Gasteiger partial charge in [0.05, 0.1) is 6.42 Å². The monoisotopic (exact) mass is 320 g/mol. The fourth-order valence-corrected chi connectivity index (χ4v) is 1.75. The molecule has 1 rings (SSSR count). The van der Waals surface area contributed by atoms with Crippen LogP contribution in [0.1, 0.15) is 35.2 Å². The molecule has 0 aliphatic rings. The van der Waals surface area contributed by atoms with Gasteiger partial charge in [-0.3, -0.25) is 19.8 Å². The Labute approximate surface area is 133 Å². The maximum absolute atomic E-state index is 11.9. The zero-order chi connectivity index (χ0) is 17.2. The van der Waals surface area contributed by atoms with Crippen LogP contribution in [-0.4, -0.2) is 41.8 Å². The lowest BCUT2D eigenvalue weighted by atomic mass is 10.1. The first-order valence-electron chi connectivity index (χ1n) is 7.11. The van der Waals surface area contributed by atoms with Gasteiger partial charge in [-0.15, -0.1) is 0 Å². The second-order valence-electron chi connectivity index (χ2n) is 4.84. The number of carbonyl (C=O) groups is 3. The summed E-state index contributed by atoms with van der Waals surface area (Å²) in [5, 5.41) is 20.9. The van der Waals surface area contributed by atoms with Gasteiger partial charge in [0.15, 0.2) is 0 Å². The molecule has 23 heavy (non-hydrogen) atoms. The smallest absolute Gasteiger partial charge is 0.305 e. The molecule has 8 heteroatoms. The first-order chi connectivity index (χ1) is 10.9. The van der Waals surface area contributed by atoms with Crippen molar-refractivity contribution < 1.29 is 19.5 Å². The molecule has 0 bridgehead atoms. The largest absolute Gasteiger partial charge is 0.481 e. The van der Waals surface area contributed by atoms with Crippen LogP contribution in [0.25, 0.3) is 0 Å². The molecule has 2 amide bonds. The first-order valence-corrected chi connectivity index (χ1v) is 7.11. The van der Waals surface area contributed by atoms with E-state index in [1.165, 1.54) is 0 Å². The summed E-state index contributed by atoms with van der Waals surface area (Å²) in [5.74, 6) is -1.54. The predicted octanol–water partition coefficient (Wildman–Crippen LogP) is 0.0716. The molecule has 0 heterocycles. The van der Waals surface area contributed by atoms with E-state index in [0.29, 0.717) is 24.1 Å². The van der Waals surface area contributed by atoms with Crippen molar-refractivity contribution >= 4 is 23.6 Å². The molecule has 6 N–H and O–H groups in total. The Hall–Kier alpha value is -2.90. The van der Waals surface area contributed by atoms with Gasteiger partial charge in [-0.2, -0.15) is 0 Å². The van der Waals surface area contributed by atoms with Crippen LogP contribution >= 0.6 is 0 Å². The number of carboxylic acids is 1. The fraction of sp³-hybridized carbons (Fsp3) is 0.333. The maximum atomic E-state index is 11.9. The molecule has 1 aromatic rings. The van der Waals surface area contributed by atoms with Gasteiger partial charge in [-0.1, -0.05) is 12.1 Å². The Kier molecular flexibility index (Phi) is 7.25. The van der Waals surface area contributed by atoms with Gasteiger partial charge in [-0.05, 0) is 18.6 Å². The lowest BCUT2D eigenvalue weighted by Crippen LogP contribution is -2.28. The summed E-state index contributed by atoms with van der Waals surface area (Å²) in [6.45, 7) is 0.433. The standard InChI is InChI=1S/C15H20N4O4/c16-14(17)10-3-5-11(6-4-10)15(23)19-8-1-2-12(20)18-9-7-13(21)22/h3-6H,1-2,7-9H2,(H3,16,17)(H,18,20)(H,19,23)(H,21,22). The third-order valence-corrected chi connectivity index (χ3v) is 2.99. The number of benzene rings is 1. The van der Waals surface area contributed by atoms with Gasteiger partial charge in [-0.25, -0.2) is 0 Å². The van der Waals surface area contributed by atoms with Crippen LogP contribution in [0.5, 0.6) is 0 Å². The van der Waals surface area contributed by atoms with Gasteiger partial charge < -0.3 is 21.5 Å². The van der Waals surface area contributed by atoms with Crippen LogP contribution in [0, 0.1) is 5.41 Å². The Balaban J connectivity index is 2.24. The number of rotatable bonds is 9. The second-order valence-corrected chi connectivity index (χ2v) is 4.84. The topological polar surface area (TPSA) is 145 Å². The van der Waals surface area contributed by atoms with E-state index in [1.807, 2.05) is 0 Å². The highest BCUT2D eigenvalue weighted by atomic mass is 16.4. The summed E-state index contributed by atoms with van der Waals surface area (Å²) in [6, 6.07) is 6.33. The van der Waals surface area contributed by atoms with Crippen molar-refractivity contribution in [2.24, 2.45) is 5.73 Å². The molecule has 0 radical (unpaired) electrons. The molecule has 0 saturated carbocycles. The molecule has 0 aliphatic carbocycles. The molecule has 0 aromatic heterocycles. The molecule has 8 nitrogen and oxygen atoms in total. The normalized spacial score (nSPS) is 9.91. The van der Waals surface area contributed by atoms with E-state index >= 15 is 0 Å². The van der Waals surface area contributed by atoms with Crippen molar-refractivity contribution in [2.75, 3.05) is 13.1 Å². The summed E-state index contributed by atoms with van der Waals surface area (Å²) in [4.78, 5) is 33.5. The predicted molar refractivity (Wildman–Crippen MR) is 84.3 cm³/mol. The third-order valence-electron chi connectivity index (χ3n) is 2.99. The van der Waals surface area contributed by atoms with Gasteiger partial charge in [0.2, 0.25) is 5.91 Å². The van der Waals surface area contributed by atoms with Crippen molar-refractivity contribution in [3.63, 3.8) is 0 Å². The lowest BCUT2D eigenvalue weighted by molar-refractivity contribution is -0.136. The summed E-state index contributed by atoms with van der Waals surface area (Å²) in [7, 11) is 0. The Bertz CT molecular complexity index is 584. The van der Waals surface area contributed by atoms with Gasteiger partial charge >= 0.3 is 5.97 Å². The van der Waals surface area contributed by atoms with Crippen molar-refractivity contribution in [3.8, 4) is 0 Å². The molecular formula is C15H20N4O4. The van der Waals surface area contributed by atoms with Crippen LogP contribution in [0.3, 0.4) is 0 Å². The molecule has 0 atom stereocenters. The minimum absolute atomic E-state index is 0.0640. The number of amides is 2. The molecule has 0 saturated heterocycles. The van der Waals surface area contributed by atoms with Crippen LogP contribution < -0.4 is 16.4 Å². The van der Waals surface area contributed by atoms with Crippen molar-refractivity contribution in [1.29, 1.82) is 5.41 Å². The molecule has 0 unspecified atom stereocenters. The van der Waals surface area contributed by atoms with Crippen LogP contribution in [0.15, 0.2) is 24.3 Å². The number of nitrogens with one attached hydrogen (secondary N) is 3. The summed E-state index contributed by atoms with van der Waals surface area (Å²) in [5.41, 5.74) is 6.32. The van der Waals surface area contributed by atoms with Gasteiger partial charge in [0.1, 0.15) is 5.84 Å². The Morgan fingerprint density at radius 2 is 1.61 bits per heavy atom. The summed E-state index contributed by atoms with van der Waals surface area (Å²) >= 11 is 0. The van der Waals surface area contributed by atoms with Gasteiger partial charge in [0.25, 0.3) is 5.91 Å². The number of nitrogen functional groups attached to an aromatic ring is 1. The third kappa shape index (κ3) is 7.07. The Morgan fingerprint density at radius 3 is 2.17 bits per heavy atom. The van der Waals surface area contributed by atoms with Crippen LogP contribution in [-0.2, 0) is 9.59 Å². The highest BCUT2D eigenvalue weighted by Gasteiger charge is 2.07. The van der Waals surface area contributed by atoms with E-state index in [-0.39, 0.29) is 37.0 Å². The van der Waals surface area contributed by atoms with E-state index in [2.05, 4.69) is 10.6 Å². The number of carboxylic acid groups (broad SMARTS) is 1. The fourth-order valence-electron chi connectivity index (χ4n) is 1.75. The average Bonchev–Trinajstić information content (AvgIpc) is 2.51. The molecule has 124 valence electrons. The minimum Gasteiger partial charge on any atom is -0.481 e. The quantitative estimate of drug-likeness (QED) is 0.248. The van der Waals surface area contributed by atoms with Crippen molar-refractivity contribution in [2.45, 2.75) is 19.3 Å². The van der Waals surface area contributed by atoms with Crippen LogP contribution in [0.4, 0.5) is 0 Å². The molecule has 1 aromatic carbocycles.